The molecule has 0 fully saturated rings. The van der Waals surface area contributed by atoms with Crippen LogP contribution in [0.3, 0.4) is 0 Å². The molecule has 0 unspecified atom stereocenters. The summed E-state index contributed by atoms with van der Waals surface area (Å²) >= 11 is 3.45. The molecule has 3 rings (SSSR count). The molecule has 0 aromatic heterocycles. The van der Waals surface area contributed by atoms with Crippen molar-refractivity contribution in [2.45, 2.75) is 0 Å². The zero-order chi connectivity index (χ0) is 19.9. The Morgan fingerprint density at radius 3 is 2.57 bits per heavy atom. The van der Waals surface area contributed by atoms with Gasteiger partial charge in [-0.2, -0.15) is 5.10 Å². The Morgan fingerprint density at radius 2 is 1.89 bits per heavy atom. The Balaban J connectivity index is 1.74. The molecular weight excluding hydrogens is 420 g/mol. The monoisotopic (exact) mass is 438 g/mol. The Bertz CT molecular complexity index is 1050. The molecule has 1 amide bonds. The van der Waals surface area contributed by atoms with E-state index in [9.17, 15) is 4.79 Å². The number of amides is 1. The number of nitrogens with zero attached hydrogens (tertiary/aromatic N) is 1. The van der Waals surface area contributed by atoms with Crippen molar-refractivity contribution < 1.29 is 14.3 Å². The van der Waals surface area contributed by atoms with Crippen LogP contribution in [0.5, 0.6) is 11.5 Å². The van der Waals surface area contributed by atoms with Crippen molar-refractivity contribution in [1.82, 2.24) is 5.43 Å². The summed E-state index contributed by atoms with van der Waals surface area (Å²) in [5, 5.41) is 6.01. The van der Waals surface area contributed by atoms with Gasteiger partial charge in [0.2, 0.25) is 0 Å². The van der Waals surface area contributed by atoms with Crippen LogP contribution in [0.4, 0.5) is 0 Å². The molecule has 6 heteroatoms. The number of hydrazone groups is 1. The zero-order valence-electron chi connectivity index (χ0n) is 15.3. The number of fused-ring (bicyclic) bond motifs is 1. The maximum atomic E-state index is 12.6. The predicted octanol–water partition coefficient (Wildman–Crippen LogP) is 4.94. The molecule has 0 aliphatic rings. The second-order valence-corrected chi connectivity index (χ2v) is 6.74. The number of carbonyl (C=O) groups is 1. The summed E-state index contributed by atoms with van der Waals surface area (Å²) in [6.07, 6.45) is 3.24. The second kappa shape index (κ2) is 9.19. The minimum absolute atomic E-state index is 0.344. The van der Waals surface area contributed by atoms with Crippen LogP contribution in [-0.2, 0) is 0 Å². The van der Waals surface area contributed by atoms with Gasteiger partial charge in [0.1, 0.15) is 18.1 Å². The van der Waals surface area contributed by atoms with Gasteiger partial charge in [-0.05, 0) is 62.6 Å². The number of halogens is 1. The van der Waals surface area contributed by atoms with Gasteiger partial charge in [-0.15, -0.1) is 0 Å². The topological polar surface area (TPSA) is 59.9 Å². The molecule has 0 heterocycles. The molecule has 1 N–H and O–H groups in total. The predicted molar refractivity (Wildman–Crippen MR) is 115 cm³/mol. The van der Waals surface area contributed by atoms with Gasteiger partial charge in [-0.25, -0.2) is 5.43 Å². The number of hydrogen-bond acceptors (Lipinski definition) is 4. The van der Waals surface area contributed by atoms with E-state index in [1.165, 1.54) is 7.11 Å². The highest BCUT2D eigenvalue weighted by Gasteiger charge is 2.13. The first-order valence-corrected chi connectivity index (χ1v) is 9.35. The summed E-state index contributed by atoms with van der Waals surface area (Å²) in [5.41, 5.74) is 3.78. The number of nitrogens with one attached hydrogen (secondary N) is 1. The van der Waals surface area contributed by atoms with Crippen molar-refractivity contribution in [3.05, 3.63) is 82.9 Å². The van der Waals surface area contributed by atoms with Crippen molar-refractivity contribution in [2.24, 2.45) is 5.10 Å². The van der Waals surface area contributed by atoms with Gasteiger partial charge in [0.05, 0.1) is 23.4 Å². The number of rotatable bonds is 7. The fourth-order valence-corrected chi connectivity index (χ4v) is 3.17. The van der Waals surface area contributed by atoms with Crippen LogP contribution in [0.15, 0.2) is 76.8 Å². The molecule has 0 aliphatic heterocycles. The second-order valence-electron chi connectivity index (χ2n) is 5.89. The quantitative estimate of drug-likeness (QED) is 0.322. The third-order valence-electron chi connectivity index (χ3n) is 4.00. The summed E-state index contributed by atoms with van der Waals surface area (Å²) in [7, 11) is 1.54. The fourth-order valence-electron chi connectivity index (χ4n) is 2.65. The Kier molecular flexibility index (Phi) is 6.45. The van der Waals surface area contributed by atoms with Crippen LogP contribution in [-0.4, -0.2) is 25.8 Å². The Hall–Kier alpha value is -3.12. The molecular formula is C22H19BrN2O3. The van der Waals surface area contributed by atoms with Crippen LogP contribution in [0, 0.1) is 0 Å². The van der Waals surface area contributed by atoms with Crippen molar-refractivity contribution in [1.29, 1.82) is 0 Å². The molecule has 0 saturated heterocycles. The minimum atomic E-state index is -0.344. The van der Waals surface area contributed by atoms with Gasteiger partial charge < -0.3 is 9.47 Å². The maximum absolute atomic E-state index is 12.6. The lowest BCUT2D eigenvalue weighted by Crippen LogP contribution is -2.18. The molecule has 3 aromatic rings. The maximum Gasteiger partial charge on any atom is 0.275 e. The van der Waals surface area contributed by atoms with Crippen molar-refractivity contribution >= 4 is 38.8 Å². The van der Waals surface area contributed by atoms with Crippen molar-refractivity contribution in [3.63, 3.8) is 0 Å². The van der Waals surface area contributed by atoms with E-state index in [1.807, 2.05) is 48.5 Å². The third kappa shape index (κ3) is 4.58. The van der Waals surface area contributed by atoms with E-state index in [4.69, 9.17) is 9.47 Å². The summed E-state index contributed by atoms with van der Waals surface area (Å²) in [5.74, 6) is 0.865. The zero-order valence-corrected chi connectivity index (χ0v) is 16.9. The molecule has 28 heavy (non-hydrogen) atoms. The van der Waals surface area contributed by atoms with Crippen molar-refractivity contribution in [2.75, 3.05) is 13.7 Å². The lowest BCUT2D eigenvalue weighted by Gasteiger charge is -2.09. The third-order valence-corrected chi connectivity index (χ3v) is 4.62. The highest BCUT2D eigenvalue weighted by atomic mass is 79.9. The Labute approximate surface area is 171 Å². The SMILES string of the molecule is C=CCOc1ccc(C=NNC(=O)c2cc3ccccc3cc2OC)cc1Br. The number of carbonyl (C=O) groups excluding carboxylic acids is 1. The highest BCUT2D eigenvalue weighted by Crippen LogP contribution is 2.26. The average Bonchev–Trinajstić information content (AvgIpc) is 2.72. The van der Waals surface area contributed by atoms with Gasteiger partial charge in [-0.1, -0.05) is 36.9 Å². The van der Waals surface area contributed by atoms with E-state index in [0.717, 1.165) is 20.8 Å². The highest BCUT2D eigenvalue weighted by molar-refractivity contribution is 9.10. The molecule has 0 radical (unpaired) electrons. The number of hydrogen-bond donors (Lipinski definition) is 1. The summed E-state index contributed by atoms with van der Waals surface area (Å²) in [6.45, 7) is 4.05. The fraction of sp³-hybridized carbons (Fsp3) is 0.0909. The summed E-state index contributed by atoms with van der Waals surface area (Å²) < 4.78 is 11.7. The summed E-state index contributed by atoms with van der Waals surface area (Å²) in [4.78, 5) is 12.6. The molecule has 3 aromatic carbocycles. The molecule has 0 aliphatic carbocycles. The van der Waals surface area contributed by atoms with Crippen LogP contribution in [0.25, 0.3) is 10.8 Å². The van der Waals surface area contributed by atoms with Crippen LogP contribution < -0.4 is 14.9 Å². The van der Waals surface area contributed by atoms with E-state index in [0.29, 0.717) is 23.7 Å². The van der Waals surface area contributed by atoms with Gasteiger partial charge in [0.15, 0.2) is 0 Å². The largest absolute Gasteiger partial charge is 0.496 e. The van der Waals surface area contributed by atoms with E-state index in [1.54, 1.807) is 18.4 Å². The normalized spacial score (nSPS) is 10.8. The van der Waals surface area contributed by atoms with Crippen molar-refractivity contribution in [3.8, 4) is 11.5 Å². The van der Waals surface area contributed by atoms with Gasteiger partial charge in [0.25, 0.3) is 5.91 Å². The van der Waals surface area contributed by atoms with Gasteiger partial charge in [0, 0.05) is 0 Å². The lowest BCUT2D eigenvalue weighted by atomic mass is 10.1. The van der Waals surface area contributed by atoms with E-state index >= 15 is 0 Å². The summed E-state index contributed by atoms with van der Waals surface area (Å²) in [6, 6.07) is 16.9. The van der Waals surface area contributed by atoms with Crippen LogP contribution in [0.2, 0.25) is 0 Å². The molecule has 0 bridgehead atoms. The van der Waals surface area contributed by atoms with E-state index in [2.05, 4.69) is 33.0 Å². The van der Waals surface area contributed by atoms with Gasteiger partial charge in [-0.3, -0.25) is 4.79 Å². The van der Waals surface area contributed by atoms with Gasteiger partial charge >= 0.3 is 0 Å². The number of ether oxygens (including phenoxy) is 2. The minimum Gasteiger partial charge on any atom is -0.496 e. The first-order valence-electron chi connectivity index (χ1n) is 8.56. The average molecular weight is 439 g/mol. The molecule has 0 spiro atoms. The molecule has 0 saturated carbocycles. The standard InChI is InChI=1S/C22H19BrN2O3/c1-3-10-28-20-9-8-15(11-19(20)23)14-24-25-22(26)18-12-16-6-4-5-7-17(16)13-21(18)27-2/h3-9,11-14H,1,10H2,2H3,(H,25,26). The molecule has 142 valence electrons. The van der Waals surface area contributed by atoms with Crippen LogP contribution in [0.1, 0.15) is 15.9 Å². The first-order chi connectivity index (χ1) is 13.6. The smallest absolute Gasteiger partial charge is 0.275 e. The van der Waals surface area contributed by atoms with E-state index in [-0.39, 0.29) is 5.91 Å². The van der Waals surface area contributed by atoms with Crippen LogP contribution >= 0.6 is 15.9 Å². The first kappa shape index (κ1) is 19.6. The lowest BCUT2D eigenvalue weighted by molar-refractivity contribution is 0.0952. The number of methoxy groups -OCH3 is 1. The Morgan fingerprint density at radius 1 is 1.14 bits per heavy atom. The molecule has 0 atom stereocenters. The molecule has 5 nitrogen and oxygen atoms in total. The number of benzene rings is 3. The van der Waals surface area contributed by atoms with E-state index < -0.39 is 0 Å².